The van der Waals surface area contributed by atoms with E-state index in [0.717, 1.165) is 11.3 Å². The molecule has 2 N–H and O–H groups in total. The SMILES string of the molecule is CCC(NCC(O)c1cccs1)c1cccs1. The largest absolute Gasteiger partial charge is 0.386 e. The van der Waals surface area contributed by atoms with E-state index in [1.54, 1.807) is 22.7 Å². The highest BCUT2D eigenvalue weighted by atomic mass is 32.1. The number of nitrogens with one attached hydrogen (secondary N) is 1. The van der Waals surface area contributed by atoms with Crippen molar-refractivity contribution in [1.29, 1.82) is 0 Å². The summed E-state index contributed by atoms with van der Waals surface area (Å²) in [6.07, 6.45) is 0.640. The maximum absolute atomic E-state index is 10.0. The molecule has 0 saturated carbocycles. The minimum Gasteiger partial charge on any atom is -0.386 e. The van der Waals surface area contributed by atoms with Crippen LogP contribution >= 0.6 is 22.7 Å². The molecule has 0 aliphatic heterocycles. The van der Waals surface area contributed by atoms with Gasteiger partial charge in [0.05, 0.1) is 0 Å². The predicted octanol–water partition coefficient (Wildman–Crippen LogP) is 3.58. The molecule has 0 saturated heterocycles. The van der Waals surface area contributed by atoms with Gasteiger partial charge in [-0.15, -0.1) is 22.7 Å². The molecule has 2 nitrogen and oxygen atoms in total. The standard InChI is InChI=1S/C13H17NOS2/c1-2-10(12-5-3-7-16-12)14-9-11(15)13-6-4-8-17-13/h3-8,10-11,14-15H,2,9H2,1H3. The van der Waals surface area contributed by atoms with Crippen molar-refractivity contribution in [2.45, 2.75) is 25.5 Å². The Morgan fingerprint density at radius 1 is 1.18 bits per heavy atom. The quantitative estimate of drug-likeness (QED) is 0.838. The summed E-state index contributed by atoms with van der Waals surface area (Å²) < 4.78 is 0. The lowest BCUT2D eigenvalue weighted by atomic mass is 10.1. The number of aliphatic hydroxyl groups is 1. The second kappa shape index (κ2) is 6.31. The summed E-state index contributed by atoms with van der Waals surface area (Å²) in [4.78, 5) is 2.37. The van der Waals surface area contributed by atoms with Gasteiger partial charge < -0.3 is 10.4 Å². The fourth-order valence-electron chi connectivity index (χ4n) is 1.77. The first-order valence-electron chi connectivity index (χ1n) is 5.79. The van der Waals surface area contributed by atoms with Crippen molar-refractivity contribution < 1.29 is 5.11 Å². The Balaban J connectivity index is 1.88. The fraction of sp³-hybridized carbons (Fsp3) is 0.385. The summed E-state index contributed by atoms with van der Waals surface area (Å²) >= 11 is 3.36. The van der Waals surface area contributed by atoms with Crippen molar-refractivity contribution in [3.8, 4) is 0 Å². The zero-order chi connectivity index (χ0) is 12.1. The molecule has 0 fully saturated rings. The van der Waals surface area contributed by atoms with Crippen LogP contribution in [-0.4, -0.2) is 11.7 Å². The molecule has 2 heterocycles. The van der Waals surface area contributed by atoms with Crippen LogP contribution in [0.15, 0.2) is 35.0 Å². The van der Waals surface area contributed by atoms with E-state index in [0.29, 0.717) is 12.6 Å². The highest BCUT2D eigenvalue weighted by Crippen LogP contribution is 2.23. The number of aliphatic hydroxyl groups excluding tert-OH is 1. The number of rotatable bonds is 6. The first kappa shape index (κ1) is 12.8. The van der Waals surface area contributed by atoms with Crippen molar-refractivity contribution in [2.75, 3.05) is 6.54 Å². The predicted molar refractivity (Wildman–Crippen MR) is 74.6 cm³/mol. The first-order valence-corrected chi connectivity index (χ1v) is 7.55. The third-order valence-corrected chi connectivity index (χ3v) is 4.68. The fourth-order valence-corrected chi connectivity index (χ4v) is 3.37. The van der Waals surface area contributed by atoms with Crippen LogP contribution < -0.4 is 5.32 Å². The average Bonchev–Trinajstić information content (AvgIpc) is 3.02. The first-order chi connectivity index (χ1) is 8.31. The molecule has 4 heteroatoms. The molecule has 2 aromatic rings. The van der Waals surface area contributed by atoms with Crippen LogP contribution in [0.3, 0.4) is 0 Å². The maximum Gasteiger partial charge on any atom is 0.101 e. The molecule has 0 amide bonds. The van der Waals surface area contributed by atoms with Gasteiger partial charge in [0.1, 0.15) is 6.10 Å². The van der Waals surface area contributed by atoms with Gasteiger partial charge in [0.25, 0.3) is 0 Å². The Bertz CT molecular complexity index is 411. The molecule has 0 radical (unpaired) electrons. The van der Waals surface area contributed by atoms with Crippen molar-refractivity contribution in [1.82, 2.24) is 5.32 Å². The molecule has 0 spiro atoms. The maximum atomic E-state index is 10.0. The Labute approximate surface area is 110 Å². The molecular weight excluding hydrogens is 250 g/mol. The Morgan fingerprint density at radius 2 is 1.82 bits per heavy atom. The van der Waals surface area contributed by atoms with E-state index < -0.39 is 6.10 Å². The highest BCUT2D eigenvalue weighted by Gasteiger charge is 2.13. The third kappa shape index (κ3) is 3.39. The van der Waals surface area contributed by atoms with Crippen LogP contribution in [0.2, 0.25) is 0 Å². The van der Waals surface area contributed by atoms with E-state index in [2.05, 4.69) is 29.8 Å². The zero-order valence-electron chi connectivity index (χ0n) is 9.80. The molecule has 2 rings (SSSR count). The molecule has 2 unspecified atom stereocenters. The van der Waals surface area contributed by atoms with E-state index in [1.807, 2.05) is 17.5 Å². The lowest BCUT2D eigenvalue weighted by Crippen LogP contribution is -2.25. The van der Waals surface area contributed by atoms with E-state index in [4.69, 9.17) is 0 Å². The van der Waals surface area contributed by atoms with Crippen LogP contribution in [0.1, 0.15) is 35.2 Å². The van der Waals surface area contributed by atoms with Crippen molar-refractivity contribution in [3.05, 3.63) is 44.8 Å². The topological polar surface area (TPSA) is 32.3 Å². The van der Waals surface area contributed by atoms with E-state index in [-0.39, 0.29) is 0 Å². The van der Waals surface area contributed by atoms with Gasteiger partial charge in [0, 0.05) is 22.3 Å². The van der Waals surface area contributed by atoms with Crippen LogP contribution in [0.4, 0.5) is 0 Å². The highest BCUT2D eigenvalue weighted by molar-refractivity contribution is 7.10. The van der Waals surface area contributed by atoms with Gasteiger partial charge in [0.2, 0.25) is 0 Å². The third-order valence-electron chi connectivity index (χ3n) is 2.72. The van der Waals surface area contributed by atoms with Crippen molar-refractivity contribution in [2.24, 2.45) is 0 Å². The molecule has 0 bridgehead atoms. The second-order valence-electron chi connectivity index (χ2n) is 3.92. The van der Waals surface area contributed by atoms with E-state index >= 15 is 0 Å². The van der Waals surface area contributed by atoms with Gasteiger partial charge in [-0.1, -0.05) is 19.1 Å². The Kier molecular flexibility index (Phi) is 4.74. The molecule has 0 aliphatic carbocycles. The minimum atomic E-state index is -0.399. The summed E-state index contributed by atoms with van der Waals surface area (Å²) in [5.41, 5.74) is 0. The van der Waals surface area contributed by atoms with Gasteiger partial charge in [0.15, 0.2) is 0 Å². The van der Waals surface area contributed by atoms with Crippen molar-refractivity contribution in [3.63, 3.8) is 0 Å². The molecule has 0 aromatic carbocycles. The normalized spacial score (nSPS) is 14.7. The number of hydrogen-bond donors (Lipinski definition) is 2. The molecule has 92 valence electrons. The van der Waals surface area contributed by atoms with Crippen LogP contribution in [-0.2, 0) is 0 Å². The van der Waals surface area contributed by atoms with Crippen LogP contribution in [0, 0.1) is 0 Å². The van der Waals surface area contributed by atoms with Crippen molar-refractivity contribution >= 4 is 22.7 Å². The summed E-state index contributed by atoms with van der Waals surface area (Å²) in [6.45, 7) is 2.77. The number of hydrogen-bond acceptors (Lipinski definition) is 4. The van der Waals surface area contributed by atoms with Gasteiger partial charge in [-0.2, -0.15) is 0 Å². The van der Waals surface area contributed by atoms with Gasteiger partial charge in [-0.05, 0) is 29.3 Å². The summed E-state index contributed by atoms with van der Waals surface area (Å²) in [5.74, 6) is 0. The lowest BCUT2D eigenvalue weighted by Gasteiger charge is -2.17. The van der Waals surface area contributed by atoms with Gasteiger partial charge in [-0.3, -0.25) is 0 Å². The van der Waals surface area contributed by atoms with E-state index in [1.165, 1.54) is 4.88 Å². The summed E-state index contributed by atoms with van der Waals surface area (Å²) in [7, 11) is 0. The smallest absolute Gasteiger partial charge is 0.101 e. The van der Waals surface area contributed by atoms with Crippen LogP contribution in [0.25, 0.3) is 0 Å². The monoisotopic (exact) mass is 267 g/mol. The molecule has 17 heavy (non-hydrogen) atoms. The average molecular weight is 267 g/mol. The summed E-state index contributed by atoms with van der Waals surface area (Å²) in [6, 6.07) is 8.51. The zero-order valence-corrected chi connectivity index (χ0v) is 11.4. The molecule has 2 aromatic heterocycles. The van der Waals surface area contributed by atoms with Crippen LogP contribution in [0.5, 0.6) is 0 Å². The van der Waals surface area contributed by atoms with Gasteiger partial charge in [-0.25, -0.2) is 0 Å². The second-order valence-corrected chi connectivity index (χ2v) is 5.87. The minimum absolute atomic E-state index is 0.351. The van der Waals surface area contributed by atoms with Gasteiger partial charge >= 0.3 is 0 Å². The lowest BCUT2D eigenvalue weighted by molar-refractivity contribution is 0.173. The van der Waals surface area contributed by atoms with E-state index in [9.17, 15) is 5.11 Å². The Hall–Kier alpha value is -0.680. The molecule has 0 aliphatic rings. The Morgan fingerprint density at radius 3 is 2.35 bits per heavy atom. The summed E-state index contributed by atoms with van der Waals surface area (Å²) in [5, 5.41) is 17.5. The molecule has 2 atom stereocenters. The number of thiophene rings is 2. The molecular formula is C13H17NOS2.